The van der Waals surface area contributed by atoms with Crippen LogP contribution in [0.1, 0.15) is 5.56 Å². The van der Waals surface area contributed by atoms with E-state index in [1.807, 2.05) is 0 Å². The van der Waals surface area contributed by atoms with Gasteiger partial charge in [0.25, 0.3) is 5.91 Å². The Morgan fingerprint density at radius 3 is 2.53 bits per heavy atom. The minimum absolute atomic E-state index is 0.00392. The maximum absolute atomic E-state index is 13.3. The molecule has 0 bridgehead atoms. The summed E-state index contributed by atoms with van der Waals surface area (Å²) in [5, 5.41) is 12.8. The van der Waals surface area contributed by atoms with E-state index in [9.17, 15) is 27.9 Å². The lowest BCUT2D eigenvalue weighted by atomic mass is 10.1. The number of phenols is 1. The molecule has 0 aromatic heterocycles. The van der Waals surface area contributed by atoms with Gasteiger partial charge in [-0.25, -0.2) is 4.99 Å². The van der Waals surface area contributed by atoms with Crippen molar-refractivity contribution in [3.8, 4) is 17.2 Å². The molecule has 0 saturated carbocycles. The number of aromatic hydroxyl groups is 1. The third kappa shape index (κ3) is 6.45. The van der Waals surface area contributed by atoms with E-state index in [2.05, 4.69) is 15.0 Å². The van der Waals surface area contributed by atoms with Gasteiger partial charge in [0, 0.05) is 5.56 Å². The zero-order valence-corrected chi connectivity index (χ0v) is 20.5. The highest BCUT2D eigenvalue weighted by molar-refractivity contribution is 8.14. The van der Waals surface area contributed by atoms with Gasteiger partial charge in [-0.15, -0.1) is 13.2 Å². The molecule has 2 amide bonds. The smallest absolute Gasteiger partial charge is 0.507 e. The second-order valence-electron chi connectivity index (χ2n) is 7.71. The molecule has 1 aliphatic rings. The second kappa shape index (κ2) is 11.3. The number of nitrogens with one attached hydrogen (secondary N) is 1. The standard InChI is InChI=1S/C26H20F3N3O5S/c1-36-18-11-12-21(33)16(13-18)14-20-24(35)32(17-7-3-2-4-8-17)25(31-20)38-15-23(34)30-19-9-5-6-10-22(19)37-26(27,28)29/h2-14,33H,15H2,1H3,(H,30,34)/b20-14+. The Labute approximate surface area is 219 Å². The van der Waals surface area contributed by atoms with Gasteiger partial charge in [-0.05, 0) is 48.5 Å². The Balaban J connectivity index is 1.57. The van der Waals surface area contributed by atoms with Gasteiger partial charge in [-0.1, -0.05) is 42.1 Å². The SMILES string of the molecule is COc1ccc(O)c(/C=C2/N=C(SCC(=O)Nc3ccccc3OC(F)(F)F)N(c3ccccc3)C2=O)c1. The predicted octanol–water partition coefficient (Wildman–Crippen LogP) is 5.42. The molecule has 0 saturated heterocycles. The van der Waals surface area contributed by atoms with Crippen molar-refractivity contribution in [3.05, 3.63) is 84.1 Å². The highest BCUT2D eigenvalue weighted by Crippen LogP contribution is 2.33. The van der Waals surface area contributed by atoms with Crippen LogP contribution in [0.25, 0.3) is 6.08 Å². The summed E-state index contributed by atoms with van der Waals surface area (Å²) in [5.41, 5.74) is 0.638. The summed E-state index contributed by atoms with van der Waals surface area (Å²) in [7, 11) is 1.47. The Bertz CT molecular complexity index is 1410. The monoisotopic (exact) mass is 543 g/mol. The third-order valence-corrected chi connectivity index (χ3v) is 6.03. The molecule has 12 heteroatoms. The van der Waals surface area contributed by atoms with Crippen molar-refractivity contribution in [2.24, 2.45) is 4.99 Å². The van der Waals surface area contributed by atoms with E-state index < -0.39 is 23.9 Å². The molecule has 3 aromatic carbocycles. The van der Waals surface area contributed by atoms with E-state index in [0.717, 1.165) is 17.8 Å². The predicted molar refractivity (Wildman–Crippen MR) is 138 cm³/mol. The van der Waals surface area contributed by atoms with Gasteiger partial charge in [-0.2, -0.15) is 0 Å². The number of hydrogen-bond donors (Lipinski definition) is 2. The number of benzene rings is 3. The van der Waals surface area contributed by atoms with Crippen molar-refractivity contribution < 1.29 is 37.3 Å². The number of para-hydroxylation sites is 3. The number of nitrogens with zero attached hydrogens (tertiary/aromatic N) is 2. The molecule has 3 aromatic rings. The Morgan fingerprint density at radius 1 is 1.11 bits per heavy atom. The Kier molecular flexibility index (Phi) is 7.91. The molecule has 0 fully saturated rings. The zero-order chi connectivity index (χ0) is 27.3. The van der Waals surface area contributed by atoms with E-state index in [-0.39, 0.29) is 28.1 Å². The summed E-state index contributed by atoms with van der Waals surface area (Å²) in [5.74, 6) is -1.59. The van der Waals surface area contributed by atoms with Crippen LogP contribution in [0.5, 0.6) is 17.2 Å². The van der Waals surface area contributed by atoms with Gasteiger partial charge in [0.2, 0.25) is 5.91 Å². The lowest BCUT2D eigenvalue weighted by Crippen LogP contribution is -2.31. The zero-order valence-electron chi connectivity index (χ0n) is 19.7. The number of halogens is 3. The minimum Gasteiger partial charge on any atom is -0.507 e. The molecule has 0 atom stereocenters. The normalized spacial score (nSPS) is 14.4. The second-order valence-corrected chi connectivity index (χ2v) is 8.65. The Hall–Kier alpha value is -4.45. The minimum atomic E-state index is -4.93. The highest BCUT2D eigenvalue weighted by Gasteiger charge is 2.34. The topological polar surface area (TPSA) is 100 Å². The number of ether oxygens (including phenoxy) is 2. The first-order valence-corrected chi connectivity index (χ1v) is 12.0. The molecule has 4 rings (SSSR count). The van der Waals surface area contributed by atoms with Gasteiger partial charge >= 0.3 is 6.36 Å². The van der Waals surface area contributed by atoms with E-state index in [0.29, 0.717) is 17.0 Å². The van der Waals surface area contributed by atoms with Crippen molar-refractivity contribution in [2.45, 2.75) is 6.36 Å². The van der Waals surface area contributed by atoms with Crippen LogP contribution in [0, 0.1) is 0 Å². The number of phenolic OH excluding ortho intramolecular Hbond substituents is 1. The number of amides is 2. The Morgan fingerprint density at radius 2 is 1.82 bits per heavy atom. The summed E-state index contributed by atoms with van der Waals surface area (Å²) in [6.07, 6.45) is -3.53. The number of thioether (sulfide) groups is 1. The van der Waals surface area contributed by atoms with Crippen LogP contribution in [-0.4, -0.2) is 41.3 Å². The fourth-order valence-electron chi connectivity index (χ4n) is 3.42. The van der Waals surface area contributed by atoms with Crippen LogP contribution in [0.2, 0.25) is 0 Å². The first kappa shape index (κ1) is 26.6. The van der Waals surface area contributed by atoms with Crippen LogP contribution in [-0.2, 0) is 9.59 Å². The van der Waals surface area contributed by atoms with Gasteiger partial charge in [0.05, 0.1) is 24.2 Å². The number of hydrogen-bond acceptors (Lipinski definition) is 7. The fraction of sp³-hybridized carbons (Fsp3) is 0.115. The average Bonchev–Trinajstić information content (AvgIpc) is 3.19. The number of methoxy groups -OCH3 is 1. The van der Waals surface area contributed by atoms with E-state index in [1.165, 1.54) is 48.4 Å². The molecule has 38 heavy (non-hydrogen) atoms. The van der Waals surface area contributed by atoms with Crippen LogP contribution >= 0.6 is 11.8 Å². The maximum atomic E-state index is 13.3. The van der Waals surface area contributed by atoms with Gasteiger partial charge in [0.1, 0.15) is 17.2 Å². The largest absolute Gasteiger partial charge is 0.573 e. The number of anilines is 2. The number of alkyl halides is 3. The number of rotatable bonds is 7. The van der Waals surface area contributed by atoms with Gasteiger partial charge < -0.3 is 19.9 Å². The van der Waals surface area contributed by atoms with Crippen molar-refractivity contribution >= 4 is 46.2 Å². The number of aliphatic imine (C=N–C) groups is 1. The molecule has 196 valence electrons. The lowest BCUT2D eigenvalue weighted by molar-refractivity contribution is -0.274. The number of carbonyl (C=O) groups excluding carboxylic acids is 2. The molecule has 8 nitrogen and oxygen atoms in total. The summed E-state index contributed by atoms with van der Waals surface area (Å²) < 4.78 is 47.2. The van der Waals surface area contributed by atoms with E-state index in [1.54, 1.807) is 36.4 Å². The number of carbonyl (C=O) groups is 2. The molecule has 0 radical (unpaired) electrons. The first-order valence-electron chi connectivity index (χ1n) is 11.0. The van der Waals surface area contributed by atoms with Crippen molar-refractivity contribution in [2.75, 3.05) is 23.1 Å². The summed E-state index contributed by atoms with van der Waals surface area (Å²) in [4.78, 5) is 31.6. The third-order valence-electron chi connectivity index (χ3n) is 5.09. The number of amidine groups is 1. The van der Waals surface area contributed by atoms with Crippen molar-refractivity contribution in [1.29, 1.82) is 0 Å². The molecule has 0 spiro atoms. The van der Waals surface area contributed by atoms with Crippen LogP contribution < -0.4 is 19.7 Å². The first-order chi connectivity index (χ1) is 18.1. The molecule has 0 aliphatic carbocycles. The van der Waals surface area contributed by atoms with Gasteiger partial charge in [-0.3, -0.25) is 14.5 Å². The molecular weight excluding hydrogens is 523 g/mol. The summed E-state index contributed by atoms with van der Waals surface area (Å²) >= 11 is 0.915. The van der Waals surface area contributed by atoms with E-state index in [4.69, 9.17) is 4.74 Å². The highest BCUT2D eigenvalue weighted by atomic mass is 32.2. The average molecular weight is 544 g/mol. The van der Waals surface area contributed by atoms with Crippen LogP contribution in [0.3, 0.4) is 0 Å². The van der Waals surface area contributed by atoms with E-state index >= 15 is 0 Å². The maximum Gasteiger partial charge on any atom is 0.573 e. The van der Waals surface area contributed by atoms with Gasteiger partial charge in [0.15, 0.2) is 10.9 Å². The molecule has 1 heterocycles. The van der Waals surface area contributed by atoms with Crippen molar-refractivity contribution in [1.82, 2.24) is 0 Å². The van der Waals surface area contributed by atoms with Crippen LogP contribution in [0.4, 0.5) is 24.5 Å². The molecular formula is C26H20F3N3O5S. The molecule has 2 N–H and O–H groups in total. The van der Waals surface area contributed by atoms with Crippen LogP contribution in [0.15, 0.2) is 83.5 Å². The molecule has 0 unspecified atom stereocenters. The quantitative estimate of drug-likeness (QED) is 0.387. The fourth-order valence-corrected chi connectivity index (χ4v) is 4.23. The van der Waals surface area contributed by atoms with Crippen molar-refractivity contribution in [3.63, 3.8) is 0 Å². The molecule has 1 aliphatic heterocycles. The summed E-state index contributed by atoms with van der Waals surface area (Å²) in [6, 6.07) is 18.3. The summed E-state index contributed by atoms with van der Waals surface area (Å²) in [6.45, 7) is 0. The lowest BCUT2D eigenvalue weighted by Gasteiger charge is -2.18.